The number of β-amino-alcohol motifs (C(OH)–C–C–N with tert-alkyl or cyclic N) is 1. The summed E-state index contributed by atoms with van der Waals surface area (Å²) >= 11 is 0. The normalized spacial score (nSPS) is 17.6. The molecule has 1 N–H and O–H groups in total. The van der Waals surface area contributed by atoms with E-state index in [0.29, 0.717) is 6.54 Å². The van der Waals surface area contributed by atoms with Crippen molar-refractivity contribution in [3.63, 3.8) is 0 Å². The first-order valence-electron chi connectivity index (χ1n) is 6.63. The van der Waals surface area contributed by atoms with Crippen LogP contribution in [0.15, 0.2) is 24.3 Å². The Morgan fingerprint density at radius 2 is 1.78 bits per heavy atom. The first-order chi connectivity index (χ1) is 8.39. The summed E-state index contributed by atoms with van der Waals surface area (Å²) in [6, 6.07) is 8.42. The molecule has 1 aliphatic heterocycles. The highest BCUT2D eigenvalue weighted by Gasteiger charge is 2.27. The van der Waals surface area contributed by atoms with Crippen LogP contribution in [0.4, 0.5) is 11.4 Å². The summed E-state index contributed by atoms with van der Waals surface area (Å²) in [6.07, 6.45) is -0.311. The van der Waals surface area contributed by atoms with Crippen LogP contribution in [0.5, 0.6) is 0 Å². The highest BCUT2D eigenvalue weighted by Crippen LogP contribution is 2.33. The second-order valence-corrected chi connectivity index (χ2v) is 6.24. The van der Waals surface area contributed by atoms with Gasteiger partial charge in [0, 0.05) is 26.7 Å². The quantitative estimate of drug-likeness (QED) is 0.870. The van der Waals surface area contributed by atoms with Crippen molar-refractivity contribution in [2.75, 3.05) is 36.5 Å². The van der Waals surface area contributed by atoms with Gasteiger partial charge in [-0.15, -0.1) is 0 Å². The average molecular weight is 248 g/mol. The van der Waals surface area contributed by atoms with Crippen LogP contribution in [-0.4, -0.2) is 37.9 Å². The SMILES string of the molecule is CN1CCN(CC(O)C(C)(C)C)c2ccccc21. The number of anilines is 2. The van der Waals surface area contributed by atoms with Gasteiger partial charge < -0.3 is 14.9 Å². The van der Waals surface area contributed by atoms with Gasteiger partial charge in [0.1, 0.15) is 0 Å². The zero-order chi connectivity index (χ0) is 13.3. The summed E-state index contributed by atoms with van der Waals surface area (Å²) in [7, 11) is 2.12. The van der Waals surface area contributed by atoms with Crippen LogP contribution >= 0.6 is 0 Å². The van der Waals surface area contributed by atoms with Crippen molar-refractivity contribution in [1.29, 1.82) is 0 Å². The number of rotatable bonds is 2. The number of likely N-dealkylation sites (N-methyl/N-ethyl adjacent to an activating group) is 1. The van der Waals surface area contributed by atoms with E-state index in [2.05, 4.69) is 61.9 Å². The molecule has 3 nitrogen and oxygen atoms in total. The Hall–Kier alpha value is -1.22. The van der Waals surface area contributed by atoms with Crippen LogP contribution in [0.3, 0.4) is 0 Å². The van der Waals surface area contributed by atoms with Crippen molar-refractivity contribution in [3.05, 3.63) is 24.3 Å². The molecule has 0 aromatic heterocycles. The lowest BCUT2D eigenvalue weighted by molar-refractivity contribution is 0.0689. The minimum Gasteiger partial charge on any atom is -0.391 e. The van der Waals surface area contributed by atoms with Crippen molar-refractivity contribution >= 4 is 11.4 Å². The highest BCUT2D eigenvalue weighted by molar-refractivity contribution is 5.73. The molecular weight excluding hydrogens is 224 g/mol. The Labute approximate surface area is 110 Å². The van der Waals surface area contributed by atoms with Crippen molar-refractivity contribution in [2.24, 2.45) is 5.41 Å². The minimum absolute atomic E-state index is 0.0711. The maximum atomic E-state index is 10.3. The lowest BCUT2D eigenvalue weighted by Crippen LogP contribution is -2.45. The van der Waals surface area contributed by atoms with Crippen molar-refractivity contribution in [3.8, 4) is 0 Å². The zero-order valence-corrected chi connectivity index (χ0v) is 11.8. The van der Waals surface area contributed by atoms with Crippen LogP contribution in [0.2, 0.25) is 0 Å². The summed E-state index contributed by atoms with van der Waals surface area (Å²) < 4.78 is 0. The number of fused-ring (bicyclic) bond motifs is 1. The molecular formula is C15H24N2O. The standard InChI is InChI=1S/C15H24N2O/c1-15(2,3)14(18)11-17-10-9-16(4)12-7-5-6-8-13(12)17/h5-8,14,18H,9-11H2,1-4H3. The molecule has 0 saturated heterocycles. The van der Waals surface area contributed by atoms with Gasteiger partial charge in [0.25, 0.3) is 0 Å². The summed E-state index contributed by atoms with van der Waals surface area (Å²) in [5.41, 5.74) is 2.41. The van der Waals surface area contributed by atoms with Gasteiger partial charge in [-0.05, 0) is 17.5 Å². The lowest BCUT2D eigenvalue weighted by Gasteiger charge is -2.40. The molecule has 0 saturated carbocycles. The third-order valence-electron chi connectivity index (χ3n) is 3.73. The van der Waals surface area contributed by atoms with Gasteiger partial charge in [0.2, 0.25) is 0 Å². The van der Waals surface area contributed by atoms with E-state index in [1.807, 2.05) is 0 Å². The van der Waals surface area contributed by atoms with Crippen LogP contribution in [-0.2, 0) is 0 Å². The number of hydrogen-bond donors (Lipinski definition) is 1. The Kier molecular flexibility index (Phi) is 3.53. The summed E-state index contributed by atoms with van der Waals surface area (Å²) in [5.74, 6) is 0. The van der Waals surface area contributed by atoms with Gasteiger partial charge in [-0.3, -0.25) is 0 Å². The second kappa shape index (κ2) is 4.81. The van der Waals surface area contributed by atoms with Gasteiger partial charge >= 0.3 is 0 Å². The van der Waals surface area contributed by atoms with E-state index in [4.69, 9.17) is 0 Å². The maximum absolute atomic E-state index is 10.3. The predicted molar refractivity (Wildman–Crippen MR) is 77.4 cm³/mol. The highest BCUT2D eigenvalue weighted by atomic mass is 16.3. The number of nitrogens with zero attached hydrogens (tertiary/aromatic N) is 2. The van der Waals surface area contributed by atoms with Crippen molar-refractivity contribution in [2.45, 2.75) is 26.9 Å². The van der Waals surface area contributed by atoms with Gasteiger partial charge in [0.05, 0.1) is 17.5 Å². The number of aliphatic hydroxyl groups excluding tert-OH is 1. The van der Waals surface area contributed by atoms with E-state index in [1.165, 1.54) is 11.4 Å². The molecule has 0 aliphatic carbocycles. The lowest BCUT2D eigenvalue weighted by atomic mass is 9.88. The van der Waals surface area contributed by atoms with Crippen LogP contribution in [0.25, 0.3) is 0 Å². The predicted octanol–water partition coefficient (Wildman–Crippen LogP) is 2.35. The smallest absolute Gasteiger partial charge is 0.0763 e. The molecule has 0 radical (unpaired) electrons. The van der Waals surface area contributed by atoms with E-state index >= 15 is 0 Å². The van der Waals surface area contributed by atoms with Gasteiger partial charge in [0.15, 0.2) is 0 Å². The molecule has 1 aliphatic rings. The van der Waals surface area contributed by atoms with Crippen molar-refractivity contribution in [1.82, 2.24) is 0 Å². The third-order valence-corrected chi connectivity index (χ3v) is 3.73. The Bertz CT molecular complexity index is 411. The number of hydrogen-bond acceptors (Lipinski definition) is 3. The van der Waals surface area contributed by atoms with Gasteiger partial charge in [-0.1, -0.05) is 32.9 Å². The number of para-hydroxylation sites is 2. The molecule has 1 aromatic rings. The summed E-state index contributed by atoms with van der Waals surface area (Å²) in [4.78, 5) is 4.57. The summed E-state index contributed by atoms with van der Waals surface area (Å²) in [5, 5.41) is 10.3. The zero-order valence-electron chi connectivity index (χ0n) is 11.8. The Morgan fingerprint density at radius 3 is 2.39 bits per heavy atom. The molecule has 1 heterocycles. The molecule has 1 unspecified atom stereocenters. The first-order valence-corrected chi connectivity index (χ1v) is 6.63. The Balaban J connectivity index is 2.19. The van der Waals surface area contributed by atoms with Gasteiger partial charge in [-0.2, -0.15) is 0 Å². The van der Waals surface area contributed by atoms with Crippen LogP contribution in [0, 0.1) is 5.41 Å². The molecule has 1 atom stereocenters. The molecule has 0 fully saturated rings. The van der Waals surface area contributed by atoms with E-state index in [1.54, 1.807) is 0 Å². The largest absolute Gasteiger partial charge is 0.391 e. The van der Waals surface area contributed by atoms with Crippen LogP contribution in [0.1, 0.15) is 20.8 Å². The fraction of sp³-hybridized carbons (Fsp3) is 0.600. The number of aliphatic hydroxyl groups is 1. The molecule has 0 amide bonds. The average Bonchev–Trinajstić information content (AvgIpc) is 2.32. The molecule has 2 rings (SSSR count). The maximum Gasteiger partial charge on any atom is 0.0763 e. The minimum atomic E-state index is -0.311. The van der Waals surface area contributed by atoms with E-state index in [0.717, 1.165) is 13.1 Å². The van der Waals surface area contributed by atoms with Crippen molar-refractivity contribution < 1.29 is 5.11 Å². The van der Waals surface area contributed by atoms with E-state index in [-0.39, 0.29) is 11.5 Å². The second-order valence-electron chi connectivity index (χ2n) is 6.24. The van der Waals surface area contributed by atoms with E-state index in [9.17, 15) is 5.11 Å². The van der Waals surface area contributed by atoms with Crippen LogP contribution < -0.4 is 9.80 Å². The molecule has 1 aromatic carbocycles. The Morgan fingerprint density at radius 1 is 1.17 bits per heavy atom. The molecule has 100 valence electrons. The van der Waals surface area contributed by atoms with E-state index < -0.39 is 0 Å². The monoisotopic (exact) mass is 248 g/mol. The third kappa shape index (κ3) is 2.61. The topological polar surface area (TPSA) is 26.7 Å². The molecule has 0 bridgehead atoms. The number of benzene rings is 1. The molecule has 18 heavy (non-hydrogen) atoms. The fourth-order valence-corrected chi connectivity index (χ4v) is 2.24. The molecule has 3 heteroatoms. The summed E-state index contributed by atoms with van der Waals surface area (Å²) in [6.45, 7) is 8.93. The first kappa shape index (κ1) is 13.2. The van der Waals surface area contributed by atoms with Gasteiger partial charge in [-0.25, -0.2) is 0 Å². The molecule has 0 spiro atoms. The fourth-order valence-electron chi connectivity index (χ4n) is 2.24.